The molecule has 0 amide bonds. The van der Waals surface area contributed by atoms with Crippen molar-refractivity contribution in [1.82, 2.24) is 20.0 Å². The monoisotopic (exact) mass is 238 g/mol. The molecule has 4 nitrogen and oxygen atoms in total. The third-order valence-corrected chi connectivity index (χ3v) is 3.07. The van der Waals surface area contributed by atoms with Gasteiger partial charge in [0.1, 0.15) is 0 Å². The molecule has 0 aliphatic rings. The van der Waals surface area contributed by atoms with Crippen molar-refractivity contribution in [3.05, 3.63) is 18.5 Å². The summed E-state index contributed by atoms with van der Waals surface area (Å²) in [4.78, 5) is 2.39. The van der Waals surface area contributed by atoms with Crippen molar-refractivity contribution in [3.63, 3.8) is 0 Å². The summed E-state index contributed by atoms with van der Waals surface area (Å²) in [6, 6.07) is 2.62. The van der Waals surface area contributed by atoms with E-state index in [0.29, 0.717) is 6.04 Å². The summed E-state index contributed by atoms with van der Waals surface area (Å²) in [6.07, 6.45) is 6.33. The molecular weight excluding hydrogens is 212 g/mol. The Morgan fingerprint density at radius 1 is 1.29 bits per heavy atom. The highest BCUT2D eigenvalue weighted by atomic mass is 15.3. The topological polar surface area (TPSA) is 33.1 Å². The van der Waals surface area contributed by atoms with Gasteiger partial charge in [-0.3, -0.25) is 4.68 Å². The van der Waals surface area contributed by atoms with E-state index in [-0.39, 0.29) is 0 Å². The second-order valence-electron chi connectivity index (χ2n) is 4.80. The molecular formula is C13H26N4. The van der Waals surface area contributed by atoms with Gasteiger partial charge in [-0.15, -0.1) is 0 Å². The number of hydrogen-bond acceptors (Lipinski definition) is 3. The summed E-state index contributed by atoms with van der Waals surface area (Å²) < 4.78 is 1.96. The Morgan fingerprint density at radius 2 is 2.12 bits per heavy atom. The van der Waals surface area contributed by atoms with E-state index < -0.39 is 0 Å². The van der Waals surface area contributed by atoms with Crippen LogP contribution in [0.3, 0.4) is 0 Å². The second kappa shape index (κ2) is 8.25. The molecule has 0 saturated heterocycles. The zero-order valence-corrected chi connectivity index (χ0v) is 11.4. The fourth-order valence-electron chi connectivity index (χ4n) is 1.62. The van der Waals surface area contributed by atoms with Crippen LogP contribution in [0.5, 0.6) is 0 Å². The van der Waals surface area contributed by atoms with E-state index in [9.17, 15) is 0 Å². The lowest BCUT2D eigenvalue weighted by Crippen LogP contribution is -2.28. The summed E-state index contributed by atoms with van der Waals surface area (Å²) in [6.45, 7) is 8.73. The highest BCUT2D eigenvalue weighted by Gasteiger charge is 2.01. The van der Waals surface area contributed by atoms with E-state index in [2.05, 4.69) is 36.2 Å². The number of unbranched alkanes of at least 4 members (excludes halogenated alkanes) is 1. The van der Waals surface area contributed by atoms with Gasteiger partial charge in [0, 0.05) is 25.0 Å². The molecule has 4 heteroatoms. The highest BCUT2D eigenvalue weighted by molar-refractivity contribution is 4.77. The van der Waals surface area contributed by atoms with E-state index in [1.807, 2.05) is 23.1 Å². The van der Waals surface area contributed by atoms with Crippen molar-refractivity contribution in [1.29, 1.82) is 0 Å². The molecule has 17 heavy (non-hydrogen) atoms. The summed E-state index contributed by atoms with van der Waals surface area (Å²) in [5, 5.41) is 7.61. The van der Waals surface area contributed by atoms with Crippen LogP contribution in [0.15, 0.2) is 18.5 Å². The van der Waals surface area contributed by atoms with Crippen LogP contribution in [-0.2, 0) is 6.54 Å². The lowest BCUT2D eigenvalue weighted by Gasteiger charge is -2.20. The van der Waals surface area contributed by atoms with Gasteiger partial charge in [0.25, 0.3) is 0 Å². The van der Waals surface area contributed by atoms with Gasteiger partial charge in [-0.25, -0.2) is 0 Å². The van der Waals surface area contributed by atoms with Crippen LogP contribution in [0, 0.1) is 0 Å². The fourth-order valence-corrected chi connectivity index (χ4v) is 1.62. The van der Waals surface area contributed by atoms with Crippen LogP contribution in [0.1, 0.15) is 26.7 Å². The van der Waals surface area contributed by atoms with Crippen molar-refractivity contribution in [3.8, 4) is 0 Å². The summed E-state index contributed by atoms with van der Waals surface area (Å²) in [5.41, 5.74) is 0. The molecule has 0 saturated carbocycles. The smallest absolute Gasteiger partial charge is 0.0533 e. The predicted octanol–water partition coefficient (Wildman–Crippen LogP) is 1.59. The molecule has 0 aromatic carbocycles. The Hall–Kier alpha value is -0.870. The van der Waals surface area contributed by atoms with Crippen LogP contribution in [0.2, 0.25) is 0 Å². The third-order valence-electron chi connectivity index (χ3n) is 3.07. The van der Waals surface area contributed by atoms with Gasteiger partial charge in [0.15, 0.2) is 0 Å². The van der Waals surface area contributed by atoms with Crippen LogP contribution in [0.25, 0.3) is 0 Å². The van der Waals surface area contributed by atoms with E-state index >= 15 is 0 Å². The lowest BCUT2D eigenvalue weighted by molar-refractivity contribution is 0.268. The Bertz CT molecular complexity index is 269. The van der Waals surface area contributed by atoms with Crippen LogP contribution in [-0.4, -0.2) is 47.4 Å². The zero-order valence-electron chi connectivity index (χ0n) is 11.4. The molecule has 0 radical (unpaired) electrons. The molecule has 0 aliphatic carbocycles. The highest BCUT2D eigenvalue weighted by Crippen LogP contribution is 1.97. The average molecular weight is 238 g/mol. The molecule has 1 heterocycles. The number of nitrogens with zero attached hydrogens (tertiary/aromatic N) is 3. The molecule has 0 aliphatic heterocycles. The Kier molecular flexibility index (Phi) is 6.89. The van der Waals surface area contributed by atoms with Gasteiger partial charge >= 0.3 is 0 Å². The van der Waals surface area contributed by atoms with Gasteiger partial charge < -0.3 is 10.2 Å². The van der Waals surface area contributed by atoms with Crippen molar-refractivity contribution < 1.29 is 0 Å². The van der Waals surface area contributed by atoms with Gasteiger partial charge in [-0.05, 0) is 52.9 Å². The molecule has 0 atom stereocenters. The third kappa shape index (κ3) is 6.44. The first-order chi connectivity index (χ1) is 8.20. The quantitative estimate of drug-likeness (QED) is 0.663. The van der Waals surface area contributed by atoms with Crippen molar-refractivity contribution in [2.24, 2.45) is 0 Å². The molecule has 1 rings (SSSR count). The first kappa shape index (κ1) is 14.2. The average Bonchev–Trinajstić information content (AvgIpc) is 2.80. The molecule has 0 spiro atoms. The standard InChI is InChI=1S/C13H26N4/c1-13(2)16(3)10-5-4-7-14-9-12-17-11-6-8-15-17/h6,8,11,13-14H,4-5,7,9-10,12H2,1-3H3. The van der Waals surface area contributed by atoms with Crippen molar-refractivity contribution in [2.45, 2.75) is 39.3 Å². The molecule has 98 valence electrons. The van der Waals surface area contributed by atoms with Gasteiger partial charge in [-0.1, -0.05) is 0 Å². The zero-order chi connectivity index (χ0) is 12.5. The maximum atomic E-state index is 4.16. The van der Waals surface area contributed by atoms with E-state index in [0.717, 1.165) is 19.6 Å². The van der Waals surface area contributed by atoms with Crippen molar-refractivity contribution in [2.75, 3.05) is 26.7 Å². The first-order valence-corrected chi connectivity index (χ1v) is 6.58. The van der Waals surface area contributed by atoms with E-state index in [1.165, 1.54) is 19.4 Å². The molecule has 0 bridgehead atoms. The Balaban J connectivity index is 1.88. The van der Waals surface area contributed by atoms with Crippen LogP contribution >= 0.6 is 0 Å². The van der Waals surface area contributed by atoms with Gasteiger partial charge in [0.2, 0.25) is 0 Å². The molecule has 1 aromatic rings. The summed E-state index contributed by atoms with van der Waals surface area (Å²) in [5.74, 6) is 0. The molecule has 1 N–H and O–H groups in total. The van der Waals surface area contributed by atoms with Gasteiger partial charge in [0.05, 0.1) is 6.54 Å². The molecule has 0 fully saturated rings. The largest absolute Gasteiger partial charge is 0.315 e. The maximum absolute atomic E-state index is 4.16. The van der Waals surface area contributed by atoms with Crippen LogP contribution in [0.4, 0.5) is 0 Å². The van der Waals surface area contributed by atoms with Crippen molar-refractivity contribution >= 4 is 0 Å². The van der Waals surface area contributed by atoms with E-state index in [4.69, 9.17) is 0 Å². The molecule has 1 aromatic heterocycles. The minimum absolute atomic E-state index is 0.655. The lowest BCUT2D eigenvalue weighted by atomic mass is 10.2. The molecule has 0 unspecified atom stereocenters. The SMILES string of the molecule is CC(C)N(C)CCCCNCCn1cccn1. The van der Waals surface area contributed by atoms with Crippen LogP contribution < -0.4 is 5.32 Å². The number of hydrogen-bond donors (Lipinski definition) is 1. The number of rotatable bonds is 9. The van der Waals surface area contributed by atoms with Gasteiger partial charge in [-0.2, -0.15) is 5.10 Å². The Morgan fingerprint density at radius 3 is 2.76 bits per heavy atom. The van der Waals surface area contributed by atoms with E-state index in [1.54, 1.807) is 0 Å². The number of nitrogens with one attached hydrogen (secondary N) is 1. The second-order valence-corrected chi connectivity index (χ2v) is 4.80. The normalized spacial score (nSPS) is 11.6. The summed E-state index contributed by atoms with van der Waals surface area (Å²) >= 11 is 0. The predicted molar refractivity (Wildman–Crippen MR) is 72.1 cm³/mol. The summed E-state index contributed by atoms with van der Waals surface area (Å²) in [7, 11) is 2.19. The Labute approximate surface area is 105 Å². The fraction of sp³-hybridized carbons (Fsp3) is 0.769. The maximum Gasteiger partial charge on any atom is 0.0533 e. The number of aromatic nitrogens is 2. The minimum atomic E-state index is 0.655. The first-order valence-electron chi connectivity index (χ1n) is 6.58. The minimum Gasteiger partial charge on any atom is -0.315 e.